The number of ketones is 1. The van der Waals surface area contributed by atoms with Gasteiger partial charge in [0.1, 0.15) is 5.75 Å². The lowest BCUT2D eigenvalue weighted by molar-refractivity contribution is -0.145. The third kappa shape index (κ3) is 4.53. The van der Waals surface area contributed by atoms with Crippen molar-refractivity contribution in [1.29, 1.82) is 0 Å². The van der Waals surface area contributed by atoms with Crippen LogP contribution in [-0.2, 0) is 9.59 Å². The Morgan fingerprint density at radius 1 is 1.07 bits per heavy atom. The summed E-state index contributed by atoms with van der Waals surface area (Å²) in [5.41, 5.74) is 5.12. The van der Waals surface area contributed by atoms with Crippen molar-refractivity contribution in [1.82, 2.24) is 29.9 Å². The number of nitrogens with one attached hydrogen (secondary N) is 1. The number of carbonyl (C=O) groups is 2. The zero-order valence-electron chi connectivity index (χ0n) is 22.5. The molecule has 1 fully saturated rings. The predicted octanol–water partition coefficient (Wildman–Crippen LogP) is 3.48. The lowest BCUT2D eigenvalue weighted by atomic mass is 9.91. The highest BCUT2D eigenvalue weighted by atomic mass is 16.5. The molecule has 0 aliphatic carbocycles. The number of likely N-dealkylation sites (tertiary alicyclic amines) is 1. The zero-order valence-corrected chi connectivity index (χ0v) is 22.5. The molecule has 1 N–H and O–H groups in total. The van der Waals surface area contributed by atoms with Crippen molar-refractivity contribution in [2.75, 3.05) is 32.1 Å². The molecule has 11 nitrogen and oxygen atoms in total. The number of ether oxygens (including phenoxy) is 1. The fourth-order valence-corrected chi connectivity index (χ4v) is 5.43. The molecule has 204 valence electrons. The first kappa shape index (κ1) is 25.5. The van der Waals surface area contributed by atoms with E-state index >= 15 is 0 Å². The SMILES string of the molecule is COc1cnc(-n2ccc(C)n2)c2c1C(C(=O)C(=O)N1CCC(=C(c3ccccc3)c3nnc(C)o3)CC1)CN2. The molecule has 6 rings (SSSR count). The minimum absolute atomic E-state index is 0.281. The van der Waals surface area contributed by atoms with Gasteiger partial charge in [0.25, 0.3) is 5.91 Å². The van der Waals surface area contributed by atoms with Crippen LogP contribution in [-0.4, -0.2) is 68.3 Å². The van der Waals surface area contributed by atoms with Gasteiger partial charge >= 0.3 is 0 Å². The van der Waals surface area contributed by atoms with Crippen molar-refractivity contribution in [2.45, 2.75) is 32.6 Å². The topological polar surface area (TPSA) is 128 Å². The highest BCUT2D eigenvalue weighted by molar-refractivity contribution is 6.38. The molecule has 1 atom stereocenters. The van der Waals surface area contributed by atoms with Crippen LogP contribution in [0.5, 0.6) is 5.75 Å². The van der Waals surface area contributed by atoms with Gasteiger partial charge in [0.05, 0.1) is 30.6 Å². The Morgan fingerprint density at radius 2 is 1.85 bits per heavy atom. The van der Waals surface area contributed by atoms with E-state index < -0.39 is 17.6 Å². The van der Waals surface area contributed by atoms with Crippen LogP contribution in [0, 0.1) is 13.8 Å². The molecule has 0 spiro atoms. The van der Waals surface area contributed by atoms with Gasteiger partial charge in [-0.05, 0) is 31.4 Å². The number of benzene rings is 1. The number of Topliss-reactive ketones (excluding diaryl/α,β-unsaturated/α-hetero) is 1. The van der Waals surface area contributed by atoms with Crippen LogP contribution in [0.15, 0.2) is 58.8 Å². The molecule has 5 heterocycles. The maximum atomic E-state index is 13.6. The number of rotatable bonds is 6. The Bertz CT molecular complexity index is 1610. The maximum Gasteiger partial charge on any atom is 0.290 e. The Labute approximate surface area is 230 Å². The lowest BCUT2D eigenvalue weighted by Crippen LogP contribution is -2.42. The number of methoxy groups -OCH3 is 1. The van der Waals surface area contributed by atoms with Gasteiger partial charge in [-0.3, -0.25) is 9.59 Å². The fourth-order valence-electron chi connectivity index (χ4n) is 5.43. The highest BCUT2D eigenvalue weighted by Crippen LogP contribution is 2.42. The number of hydrogen-bond donors (Lipinski definition) is 1. The van der Waals surface area contributed by atoms with Crippen molar-refractivity contribution in [3.05, 3.63) is 83.0 Å². The summed E-state index contributed by atoms with van der Waals surface area (Å²) in [6, 6.07) is 11.8. The molecule has 4 aromatic rings. The smallest absolute Gasteiger partial charge is 0.290 e. The first-order valence-electron chi connectivity index (χ1n) is 13.2. The van der Waals surface area contributed by atoms with E-state index in [1.54, 1.807) is 22.7 Å². The second-order valence-corrected chi connectivity index (χ2v) is 9.90. The van der Waals surface area contributed by atoms with Crippen molar-refractivity contribution in [2.24, 2.45) is 0 Å². The third-order valence-electron chi connectivity index (χ3n) is 7.39. The molecule has 0 saturated carbocycles. The van der Waals surface area contributed by atoms with Crippen LogP contribution in [0.25, 0.3) is 11.4 Å². The zero-order chi connectivity index (χ0) is 27.8. The molecule has 40 heavy (non-hydrogen) atoms. The molecular formula is C29H29N7O4. The van der Waals surface area contributed by atoms with Gasteiger partial charge in [-0.1, -0.05) is 35.9 Å². The highest BCUT2D eigenvalue weighted by Gasteiger charge is 2.39. The molecule has 3 aromatic heterocycles. The van der Waals surface area contributed by atoms with Gasteiger partial charge in [-0.25, -0.2) is 9.67 Å². The number of carbonyl (C=O) groups excluding carboxylic acids is 2. The van der Waals surface area contributed by atoms with E-state index in [0.29, 0.717) is 60.5 Å². The molecule has 0 bridgehead atoms. The second-order valence-electron chi connectivity index (χ2n) is 9.90. The van der Waals surface area contributed by atoms with E-state index in [1.165, 1.54) is 7.11 Å². The summed E-state index contributed by atoms with van der Waals surface area (Å²) in [5, 5.41) is 16.0. The van der Waals surface area contributed by atoms with Gasteiger partial charge < -0.3 is 19.4 Å². The van der Waals surface area contributed by atoms with Crippen LogP contribution in [0.1, 0.15) is 47.4 Å². The fraction of sp³-hybridized carbons (Fsp3) is 0.310. The molecule has 1 saturated heterocycles. The normalized spacial score (nSPS) is 16.4. The number of anilines is 1. The molecular weight excluding hydrogens is 510 g/mol. The molecule has 0 radical (unpaired) electrons. The van der Waals surface area contributed by atoms with Gasteiger partial charge in [0, 0.05) is 43.9 Å². The van der Waals surface area contributed by atoms with E-state index in [-0.39, 0.29) is 6.54 Å². The third-order valence-corrected chi connectivity index (χ3v) is 7.39. The summed E-state index contributed by atoms with van der Waals surface area (Å²) in [7, 11) is 1.53. The van der Waals surface area contributed by atoms with Gasteiger partial charge in [0.15, 0.2) is 5.82 Å². The molecule has 1 unspecified atom stereocenters. The Hall–Kier alpha value is -4.80. The number of amides is 1. The average molecular weight is 540 g/mol. The minimum atomic E-state index is -0.686. The van der Waals surface area contributed by atoms with Crippen molar-refractivity contribution in [3.63, 3.8) is 0 Å². The summed E-state index contributed by atoms with van der Waals surface area (Å²) in [6.07, 6.45) is 4.58. The van der Waals surface area contributed by atoms with E-state index in [0.717, 1.165) is 22.4 Å². The van der Waals surface area contributed by atoms with E-state index in [1.807, 2.05) is 49.5 Å². The molecule has 2 aliphatic heterocycles. The second kappa shape index (κ2) is 10.4. The predicted molar refractivity (Wildman–Crippen MR) is 146 cm³/mol. The Morgan fingerprint density at radius 3 is 2.50 bits per heavy atom. The standard InChI is InChI=1S/C29H29N7O4/c1-17-9-14-36(34-17)27-25-24(22(39-3)16-31-27)21(15-30-25)26(37)29(38)35-12-10-20(11-13-35)23(19-7-5-4-6-8-19)28-33-32-18(2)40-28/h4-9,14,16,21,30H,10-13,15H2,1-3H3. The molecule has 1 amide bonds. The van der Waals surface area contributed by atoms with Crippen LogP contribution in [0.4, 0.5) is 5.69 Å². The molecule has 1 aromatic carbocycles. The van der Waals surface area contributed by atoms with E-state index in [9.17, 15) is 9.59 Å². The summed E-state index contributed by atoms with van der Waals surface area (Å²) in [4.78, 5) is 33.2. The van der Waals surface area contributed by atoms with Crippen LogP contribution >= 0.6 is 0 Å². The number of piperidine rings is 1. The first-order chi connectivity index (χ1) is 19.4. The number of hydrogen-bond acceptors (Lipinski definition) is 9. The largest absolute Gasteiger partial charge is 0.495 e. The Kier molecular flexibility index (Phi) is 6.63. The van der Waals surface area contributed by atoms with Crippen molar-refractivity contribution >= 4 is 23.0 Å². The monoisotopic (exact) mass is 539 g/mol. The van der Waals surface area contributed by atoms with Crippen LogP contribution < -0.4 is 10.1 Å². The summed E-state index contributed by atoms with van der Waals surface area (Å²) < 4.78 is 13.0. The number of aryl methyl sites for hydroxylation is 2. The Balaban J connectivity index is 1.24. The van der Waals surface area contributed by atoms with Crippen molar-refractivity contribution in [3.8, 4) is 11.6 Å². The first-order valence-corrected chi connectivity index (χ1v) is 13.2. The number of pyridine rings is 1. The van der Waals surface area contributed by atoms with Crippen LogP contribution in [0.2, 0.25) is 0 Å². The van der Waals surface area contributed by atoms with Gasteiger partial charge in [-0.15, -0.1) is 10.2 Å². The number of fused-ring (bicyclic) bond motifs is 1. The van der Waals surface area contributed by atoms with Crippen LogP contribution in [0.3, 0.4) is 0 Å². The summed E-state index contributed by atoms with van der Waals surface area (Å²) in [6.45, 7) is 4.77. The lowest BCUT2D eigenvalue weighted by Gasteiger charge is -2.30. The van der Waals surface area contributed by atoms with Gasteiger partial charge in [-0.2, -0.15) is 5.10 Å². The molecule has 11 heteroatoms. The van der Waals surface area contributed by atoms with E-state index in [2.05, 4.69) is 25.6 Å². The number of aromatic nitrogens is 5. The van der Waals surface area contributed by atoms with Gasteiger partial charge in [0.2, 0.25) is 17.6 Å². The maximum absolute atomic E-state index is 13.6. The van der Waals surface area contributed by atoms with E-state index in [4.69, 9.17) is 9.15 Å². The molecule has 2 aliphatic rings. The summed E-state index contributed by atoms with van der Waals surface area (Å²) in [5.74, 6) is 0.324. The number of nitrogens with zero attached hydrogens (tertiary/aromatic N) is 6. The van der Waals surface area contributed by atoms with Crippen molar-refractivity contribution < 1.29 is 18.7 Å². The quantitative estimate of drug-likeness (QED) is 0.366. The minimum Gasteiger partial charge on any atom is -0.495 e. The summed E-state index contributed by atoms with van der Waals surface area (Å²) >= 11 is 0. The average Bonchev–Trinajstić information content (AvgIpc) is 3.73.